The van der Waals surface area contributed by atoms with Gasteiger partial charge in [0.2, 0.25) is 5.91 Å². The summed E-state index contributed by atoms with van der Waals surface area (Å²) in [6.45, 7) is 7.21. The highest BCUT2D eigenvalue weighted by Crippen LogP contribution is 1.95. The molecule has 0 heterocycles. The fourth-order valence-corrected chi connectivity index (χ4v) is 1.02. The second-order valence-electron chi connectivity index (χ2n) is 3.81. The highest BCUT2D eigenvalue weighted by molar-refractivity contribution is 5.84. The molecule has 0 spiro atoms. The Morgan fingerprint density at radius 2 is 2.17 bits per heavy atom. The largest absolute Gasteiger partial charge is 0.480 e. The summed E-state index contributed by atoms with van der Waals surface area (Å²) in [5.74, 6) is -1.61. The summed E-state index contributed by atoms with van der Waals surface area (Å²) in [6, 6.07) is -1.07. The van der Waals surface area contributed by atoms with Crippen molar-refractivity contribution in [2.45, 2.75) is 32.4 Å². The maximum atomic E-state index is 11.4. The lowest BCUT2D eigenvalue weighted by molar-refractivity contribution is -0.144. The van der Waals surface area contributed by atoms with Crippen LogP contribution in [0.2, 0.25) is 0 Å². The molecule has 0 aliphatic heterocycles. The number of amides is 1. The van der Waals surface area contributed by atoms with Gasteiger partial charge in [0.25, 0.3) is 0 Å². The van der Waals surface area contributed by atoms with E-state index in [0.29, 0.717) is 0 Å². The van der Waals surface area contributed by atoms with E-state index in [9.17, 15) is 9.59 Å². The molecule has 104 valence electrons. The van der Waals surface area contributed by atoms with Gasteiger partial charge in [0.15, 0.2) is 6.04 Å². The Balaban J connectivity index is 4.03. The molecule has 0 rings (SSSR count). The van der Waals surface area contributed by atoms with Crippen molar-refractivity contribution >= 4 is 11.9 Å². The number of hydrogen-bond donors (Lipinski definition) is 2. The first-order valence-electron chi connectivity index (χ1n) is 5.83. The Kier molecular flexibility index (Phi) is 8.86. The molecule has 2 N–H and O–H groups in total. The summed E-state index contributed by atoms with van der Waals surface area (Å²) in [4.78, 5) is 22.3. The Morgan fingerprint density at radius 3 is 2.67 bits per heavy atom. The van der Waals surface area contributed by atoms with Crippen LogP contribution in [0.5, 0.6) is 0 Å². The number of rotatable bonds is 10. The summed E-state index contributed by atoms with van der Waals surface area (Å²) in [6.07, 6.45) is 2.27. The average Bonchev–Trinajstić information content (AvgIpc) is 2.34. The zero-order chi connectivity index (χ0) is 14.0. The van der Waals surface area contributed by atoms with Gasteiger partial charge in [-0.15, -0.1) is 6.58 Å². The smallest absolute Gasteiger partial charge is 0.328 e. The van der Waals surface area contributed by atoms with Crippen LogP contribution < -0.4 is 5.32 Å². The first-order valence-corrected chi connectivity index (χ1v) is 5.83. The van der Waals surface area contributed by atoms with Gasteiger partial charge in [0.1, 0.15) is 6.61 Å². The van der Waals surface area contributed by atoms with Gasteiger partial charge in [-0.1, -0.05) is 13.0 Å². The van der Waals surface area contributed by atoms with Crippen LogP contribution in [0.3, 0.4) is 0 Å². The van der Waals surface area contributed by atoms with Crippen LogP contribution in [0.15, 0.2) is 12.7 Å². The van der Waals surface area contributed by atoms with Crippen LogP contribution in [0.4, 0.5) is 0 Å². The third-order valence-corrected chi connectivity index (χ3v) is 2.23. The fraction of sp³-hybridized carbons (Fsp3) is 0.667. The first-order chi connectivity index (χ1) is 8.51. The summed E-state index contributed by atoms with van der Waals surface area (Å²) < 4.78 is 10.2. The summed E-state index contributed by atoms with van der Waals surface area (Å²) in [7, 11) is 0. The van der Waals surface area contributed by atoms with Crippen molar-refractivity contribution in [1.29, 1.82) is 0 Å². The SMILES string of the molecule is C=CCOCC(NC(=O)COC(C)CC)C(=O)O. The minimum absolute atomic E-state index is 0.0314. The topological polar surface area (TPSA) is 84.9 Å². The summed E-state index contributed by atoms with van der Waals surface area (Å²) in [5, 5.41) is 11.2. The van der Waals surface area contributed by atoms with Gasteiger partial charge < -0.3 is 19.9 Å². The van der Waals surface area contributed by atoms with E-state index in [4.69, 9.17) is 14.6 Å². The Bertz CT molecular complexity index is 280. The van der Waals surface area contributed by atoms with E-state index in [0.717, 1.165) is 6.42 Å². The van der Waals surface area contributed by atoms with E-state index >= 15 is 0 Å². The molecule has 0 bridgehead atoms. The molecule has 0 aromatic carbocycles. The zero-order valence-electron chi connectivity index (χ0n) is 10.8. The number of carbonyl (C=O) groups is 2. The van der Waals surface area contributed by atoms with Crippen molar-refractivity contribution in [3.63, 3.8) is 0 Å². The number of hydrogen-bond acceptors (Lipinski definition) is 4. The minimum atomic E-state index is -1.14. The predicted octanol–water partition coefficient (Wildman–Crippen LogP) is 0.573. The van der Waals surface area contributed by atoms with E-state index in [-0.39, 0.29) is 25.9 Å². The molecule has 0 aromatic heterocycles. The molecule has 6 nitrogen and oxygen atoms in total. The number of carbonyl (C=O) groups excluding carboxylic acids is 1. The van der Waals surface area contributed by atoms with Crippen LogP contribution in [0.25, 0.3) is 0 Å². The van der Waals surface area contributed by atoms with Gasteiger partial charge in [0.05, 0.1) is 19.3 Å². The molecular weight excluding hydrogens is 238 g/mol. The first kappa shape index (κ1) is 16.6. The number of nitrogens with one attached hydrogen (secondary N) is 1. The lowest BCUT2D eigenvalue weighted by Gasteiger charge is -2.15. The van der Waals surface area contributed by atoms with Crippen molar-refractivity contribution in [2.75, 3.05) is 19.8 Å². The van der Waals surface area contributed by atoms with Gasteiger partial charge >= 0.3 is 5.97 Å². The molecule has 18 heavy (non-hydrogen) atoms. The summed E-state index contributed by atoms with van der Waals surface area (Å²) >= 11 is 0. The van der Waals surface area contributed by atoms with Crippen molar-refractivity contribution < 1.29 is 24.2 Å². The van der Waals surface area contributed by atoms with Crippen LogP contribution in [0.1, 0.15) is 20.3 Å². The van der Waals surface area contributed by atoms with Gasteiger partial charge in [-0.3, -0.25) is 4.79 Å². The third-order valence-electron chi connectivity index (χ3n) is 2.23. The van der Waals surface area contributed by atoms with Gasteiger partial charge in [-0.05, 0) is 13.3 Å². The highest BCUT2D eigenvalue weighted by atomic mass is 16.5. The monoisotopic (exact) mass is 259 g/mol. The molecular formula is C12H21NO5. The molecule has 6 heteroatoms. The maximum Gasteiger partial charge on any atom is 0.328 e. The molecule has 0 aliphatic rings. The lowest BCUT2D eigenvalue weighted by atomic mass is 10.3. The van der Waals surface area contributed by atoms with Crippen molar-refractivity contribution in [3.8, 4) is 0 Å². The molecule has 0 saturated heterocycles. The van der Waals surface area contributed by atoms with Crippen LogP contribution >= 0.6 is 0 Å². The quantitative estimate of drug-likeness (QED) is 0.442. The normalized spacial score (nSPS) is 13.7. The van der Waals surface area contributed by atoms with E-state index in [1.165, 1.54) is 6.08 Å². The number of carboxylic acids is 1. The average molecular weight is 259 g/mol. The molecule has 0 aliphatic carbocycles. The van der Waals surface area contributed by atoms with Gasteiger partial charge in [-0.2, -0.15) is 0 Å². The second kappa shape index (κ2) is 9.61. The summed E-state index contributed by atoms with van der Waals surface area (Å²) in [5.41, 5.74) is 0. The third kappa shape index (κ3) is 7.81. The predicted molar refractivity (Wildman–Crippen MR) is 66.3 cm³/mol. The van der Waals surface area contributed by atoms with Gasteiger partial charge in [0, 0.05) is 0 Å². The molecule has 0 aromatic rings. The highest BCUT2D eigenvalue weighted by Gasteiger charge is 2.20. The molecule has 2 atom stereocenters. The number of ether oxygens (including phenoxy) is 2. The Labute approximate surface area is 107 Å². The maximum absolute atomic E-state index is 11.4. The number of carboxylic acid groups (broad SMARTS) is 1. The molecule has 0 fully saturated rings. The minimum Gasteiger partial charge on any atom is -0.480 e. The standard InChI is InChI=1S/C12H21NO5/c1-4-6-17-7-10(12(15)16)13-11(14)8-18-9(3)5-2/h4,9-10H,1,5-8H2,2-3H3,(H,13,14)(H,15,16). The fourth-order valence-electron chi connectivity index (χ4n) is 1.02. The van der Waals surface area contributed by atoms with Crippen LogP contribution in [0, 0.1) is 0 Å². The zero-order valence-corrected chi connectivity index (χ0v) is 10.8. The molecule has 1 amide bonds. The lowest BCUT2D eigenvalue weighted by Crippen LogP contribution is -2.45. The number of aliphatic carboxylic acids is 1. The van der Waals surface area contributed by atoms with Crippen molar-refractivity contribution in [1.82, 2.24) is 5.32 Å². The van der Waals surface area contributed by atoms with Crippen molar-refractivity contribution in [2.24, 2.45) is 0 Å². The van der Waals surface area contributed by atoms with Gasteiger partial charge in [-0.25, -0.2) is 4.79 Å². The van der Waals surface area contributed by atoms with E-state index < -0.39 is 17.9 Å². The van der Waals surface area contributed by atoms with E-state index in [1.807, 2.05) is 13.8 Å². The van der Waals surface area contributed by atoms with Crippen LogP contribution in [-0.2, 0) is 19.1 Å². The Hall–Kier alpha value is -1.40. The molecule has 0 saturated carbocycles. The van der Waals surface area contributed by atoms with E-state index in [2.05, 4.69) is 11.9 Å². The van der Waals surface area contributed by atoms with Crippen molar-refractivity contribution in [3.05, 3.63) is 12.7 Å². The Morgan fingerprint density at radius 1 is 1.50 bits per heavy atom. The second-order valence-corrected chi connectivity index (χ2v) is 3.81. The van der Waals surface area contributed by atoms with E-state index in [1.54, 1.807) is 0 Å². The molecule has 2 unspecified atom stereocenters. The van der Waals surface area contributed by atoms with Crippen LogP contribution in [-0.4, -0.2) is 48.9 Å². The molecule has 0 radical (unpaired) electrons.